The molecule has 0 saturated carbocycles. The van der Waals surface area contributed by atoms with Crippen LogP contribution in [0.3, 0.4) is 0 Å². The predicted octanol–water partition coefficient (Wildman–Crippen LogP) is 0.784. The molecule has 0 aliphatic rings. The standard InChI is InChI=1S/C10H22N2O2/c1-4-8(2)14-7-5-6-10(3,12)9(11)13/h8H,4-7,12H2,1-3H3,(H2,11,13). The summed E-state index contributed by atoms with van der Waals surface area (Å²) in [5, 5.41) is 0. The van der Waals surface area contributed by atoms with Crippen LogP contribution in [0.2, 0.25) is 0 Å². The summed E-state index contributed by atoms with van der Waals surface area (Å²) in [6.07, 6.45) is 2.60. The summed E-state index contributed by atoms with van der Waals surface area (Å²) in [6, 6.07) is 0. The number of hydrogen-bond donors (Lipinski definition) is 2. The zero-order chi connectivity index (χ0) is 11.2. The Kier molecular flexibility index (Phi) is 5.72. The quantitative estimate of drug-likeness (QED) is 0.599. The number of ether oxygens (including phenoxy) is 1. The molecule has 0 heterocycles. The van der Waals surface area contributed by atoms with Crippen molar-refractivity contribution < 1.29 is 9.53 Å². The van der Waals surface area contributed by atoms with Gasteiger partial charge in [-0.1, -0.05) is 6.92 Å². The smallest absolute Gasteiger partial charge is 0.237 e. The zero-order valence-electron chi connectivity index (χ0n) is 9.38. The predicted molar refractivity (Wildman–Crippen MR) is 56.7 cm³/mol. The summed E-state index contributed by atoms with van der Waals surface area (Å²) in [5.74, 6) is -0.457. The topological polar surface area (TPSA) is 78.3 Å². The van der Waals surface area contributed by atoms with Crippen molar-refractivity contribution in [2.45, 2.75) is 51.7 Å². The zero-order valence-corrected chi connectivity index (χ0v) is 9.38. The monoisotopic (exact) mass is 202 g/mol. The lowest BCUT2D eigenvalue weighted by Gasteiger charge is -2.20. The molecule has 0 aromatic rings. The average Bonchev–Trinajstić information content (AvgIpc) is 2.11. The number of hydrogen-bond acceptors (Lipinski definition) is 3. The van der Waals surface area contributed by atoms with Crippen LogP contribution in [0.5, 0.6) is 0 Å². The Bertz CT molecular complexity index is 181. The Hall–Kier alpha value is -0.610. The molecule has 4 nitrogen and oxygen atoms in total. The van der Waals surface area contributed by atoms with Crippen molar-refractivity contribution in [1.29, 1.82) is 0 Å². The van der Waals surface area contributed by atoms with E-state index in [2.05, 4.69) is 6.92 Å². The van der Waals surface area contributed by atoms with Crippen molar-refractivity contribution in [3.63, 3.8) is 0 Å². The molecule has 0 aromatic carbocycles. The molecule has 0 aliphatic heterocycles. The van der Waals surface area contributed by atoms with E-state index in [-0.39, 0.29) is 6.10 Å². The summed E-state index contributed by atoms with van der Waals surface area (Å²) in [7, 11) is 0. The highest BCUT2D eigenvalue weighted by Gasteiger charge is 2.24. The van der Waals surface area contributed by atoms with Crippen LogP contribution in [0, 0.1) is 0 Å². The van der Waals surface area contributed by atoms with Crippen LogP contribution in [0.25, 0.3) is 0 Å². The van der Waals surface area contributed by atoms with Gasteiger partial charge in [0.15, 0.2) is 0 Å². The normalized spacial score (nSPS) is 17.4. The van der Waals surface area contributed by atoms with Crippen LogP contribution >= 0.6 is 0 Å². The molecule has 2 atom stereocenters. The molecule has 0 radical (unpaired) electrons. The van der Waals surface area contributed by atoms with E-state index in [9.17, 15) is 4.79 Å². The minimum absolute atomic E-state index is 0.271. The van der Waals surface area contributed by atoms with Gasteiger partial charge in [0.2, 0.25) is 5.91 Å². The fourth-order valence-electron chi connectivity index (χ4n) is 0.965. The first-order valence-electron chi connectivity index (χ1n) is 5.10. The average molecular weight is 202 g/mol. The Morgan fingerprint density at radius 1 is 1.57 bits per heavy atom. The molecule has 4 N–H and O–H groups in total. The van der Waals surface area contributed by atoms with Gasteiger partial charge in [-0.2, -0.15) is 0 Å². The summed E-state index contributed by atoms with van der Waals surface area (Å²) in [5.41, 5.74) is 9.91. The fourth-order valence-corrected chi connectivity index (χ4v) is 0.965. The van der Waals surface area contributed by atoms with Gasteiger partial charge in [-0.05, 0) is 33.1 Å². The molecule has 14 heavy (non-hydrogen) atoms. The number of carbonyl (C=O) groups is 1. The van der Waals surface area contributed by atoms with Gasteiger partial charge in [0.05, 0.1) is 11.6 Å². The fraction of sp³-hybridized carbons (Fsp3) is 0.900. The van der Waals surface area contributed by atoms with E-state index in [0.29, 0.717) is 13.0 Å². The first kappa shape index (κ1) is 13.4. The van der Waals surface area contributed by atoms with Crippen molar-refractivity contribution in [3.8, 4) is 0 Å². The SMILES string of the molecule is CCC(C)OCCCC(C)(N)C(N)=O. The van der Waals surface area contributed by atoms with Crippen LogP contribution in [0.4, 0.5) is 0 Å². The van der Waals surface area contributed by atoms with E-state index in [1.807, 2.05) is 6.92 Å². The van der Waals surface area contributed by atoms with Gasteiger partial charge < -0.3 is 16.2 Å². The van der Waals surface area contributed by atoms with Gasteiger partial charge >= 0.3 is 0 Å². The lowest BCUT2D eigenvalue weighted by Crippen LogP contribution is -2.49. The Morgan fingerprint density at radius 3 is 2.57 bits per heavy atom. The molecule has 0 saturated heterocycles. The third-order valence-electron chi connectivity index (χ3n) is 2.38. The minimum atomic E-state index is -0.904. The van der Waals surface area contributed by atoms with E-state index in [1.54, 1.807) is 6.92 Å². The molecule has 0 rings (SSSR count). The number of rotatable bonds is 7. The summed E-state index contributed by atoms with van der Waals surface area (Å²) in [6.45, 7) is 6.38. The number of amides is 1. The van der Waals surface area contributed by atoms with E-state index >= 15 is 0 Å². The second kappa shape index (κ2) is 5.98. The Balaban J connectivity index is 3.59. The van der Waals surface area contributed by atoms with Gasteiger partial charge in [-0.25, -0.2) is 0 Å². The molecule has 0 aliphatic carbocycles. The molecule has 2 unspecified atom stereocenters. The lowest BCUT2D eigenvalue weighted by molar-refractivity contribution is -0.122. The molecule has 4 heteroatoms. The van der Waals surface area contributed by atoms with Crippen molar-refractivity contribution in [1.82, 2.24) is 0 Å². The summed E-state index contributed by atoms with van der Waals surface area (Å²) >= 11 is 0. The Labute approximate surface area is 86.0 Å². The van der Waals surface area contributed by atoms with Crippen LogP contribution < -0.4 is 11.5 Å². The van der Waals surface area contributed by atoms with Crippen LogP contribution in [-0.2, 0) is 9.53 Å². The molecular weight excluding hydrogens is 180 g/mol. The molecule has 0 spiro atoms. The molecule has 0 bridgehead atoms. The number of carbonyl (C=O) groups excluding carboxylic acids is 1. The largest absolute Gasteiger partial charge is 0.379 e. The summed E-state index contributed by atoms with van der Waals surface area (Å²) < 4.78 is 5.46. The van der Waals surface area contributed by atoms with Crippen molar-refractivity contribution in [2.24, 2.45) is 11.5 Å². The second-order valence-corrected chi connectivity index (χ2v) is 3.97. The van der Waals surface area contributed by atoms with Gasteiger partial charge in [0.25, 0.3) is 0 Å². The molecule has 84 valence electrons. The maximum absolute atomic E-state index is 10.9. The minimum Gasteiger partial charge on any atom is -0.379 e. The van der Waals surface area contributed by atoms with Crippen LogP contribution in [0.1, 0.15) is 40.0 Å². The van der Waals surface area contributed by atoms with E-state index in [1.165, 1.54) is 0 Å². The first-order valence-corrected chi connectivity index (χ1v) is 5.10. The van der Waals surface area contributed by atoms with Crippen LogP contribution in [0.15, 0.2) is 0 Å². The van der Waals surface area contributed by atoms with Gasteiger partial charge in [-0.3, -0.25) is 4.79 Å². The molecule has 1 amide bonds. The highest BCUT2D eigenvalue weighted by Crippen LogP contribution is 2.08. The van der Waals surface area contributed by atoms with Gasteiger partial charge in [0.1, 0.15) is 0 Å². The molecular formula is C10H22N2O2. The highest BCUT2D eigenvalue weighted by molar-refractivity contribution is 5.83. The first-order chi connectivity index (χ1) is 6.40. The third-order valence-corrected chi connectivity index (χ3v) is 2.38. The highest BCUT2D eigenvalue weighted by atomic mass is 16.5. The van der Waals surface area contributed by atoms with Crippen molar-refractivity contribution >= 4 is 5.91 Å². The van der Waals surface area contributed by atoms with Crippen LogP contribution in [-0.4, -0.2) is 24.2 Å². The molecule has 0 aromatic heterocycles. The molecule has 0 fully saturated rings. The maximum Gasteiger partial charge on any atom is 0.237 e. The van der Waals surface area contributed by atoms with E-state index in [0.717, 1.165) is 12.8 Å². The Morgan fingerprint density at radius 2 is 2.14 bits per heavy atom. The van der Waals surface area contributed by atoms with Gasteiger partial charge in [-0.15, -0.1) is 0 Å². The van der Waals surface area contributed by atoms with Gasteiger partial charge in [0, 0.05) is 6.61 Å². The second-order valence-electron chi connectivity index (χ2n) is 3.97. The van der Waals surface area contributed by atoms with Crippen molar-refractivity contribution in [2.75, 3.05) is 6.61 Å². The third kappa shape index (κ3) is 5.19. The van der Waals surface area contributed by atoms with E-state index < -0.39 is 11.4 Å². The number of primary amides is 1. The maximum atomic E-state index is 10.9. The van der Waals surface area contributed by atoms with Crippen molar-refractivity contribution in [3.05, 3.63) is 0 Å². The number of nitrogens with two attached hydrogens (primary N) is 2. The summed E-state index contributed by atoms with van der Waals surface area (Å²) in [4.78, 5) is 10.9. The lowest BCUT2D eigenvalue weighted by atomic mass is 9.97. The van der Waals surface area contributed by atoms with E-state index in [4.69, 9.17) is 16.2 Å².